The van der Waals surface area contributed by atoms with Gasteiger partial charge in [-0.15, -0.1) is 0 Å². The van der Waals surface area contributed by atoms with Crippen molar-refractivity contribution < 1.29 is 4.79 Å². The van der Waals surface area contributed by atoms with Crippen LogP contribution in [0.5, 0.6) is 0 Å². The Hall–Kier alpha value is -2.16. The van der Waals surface area contributed by atoms with Crippen LogP contribution in [0.25, 0.3) is 0 Å². The summed E-state index contributed by atoms with van der Waals surface area (Å²) in [5.74, 6) is 1.20. The molecule has 1 aromatic heterocycles. The highest BCUT2D eigenvalue weighted by atomic mass is 16.1. The Balaban J connectivity index is 0. The Labute approximate surface area is 154 Å². The number of nitrogens with zero attached hydrogens (tertiary/aromatic N) is 1. The molecule has 0 aliphatic heterocycles. The van der Waals surface area contributed by atoms with Crippen molar-refractivity contribution in [3.63, 3.8) is 0 Å². The number of benzene rings is 1. The first kappa shape index (κ1) is 25.1. The van der Waals surface area contributed by atoms with Crippen molar-refractivity contribution in [2.45, 2.75) is 60.3 Å². The smallest absolute Gasteiger partial charge is 0.206 e. The van der Waals surface area contributed by atoms with Crippen LogP contribution in [0.1, 0.15) is 70.2 Å². The molecule has 25 heavy (non-hydrogen) atoms. The van der Waals surface area contributed by atoms with E-state index in [4.69, 9.17) is 4.79 Å². The van der Waals surface area contributed by atoms with Crippen LogP contribution < -0.4 is 5.32 Å². The Morgan fingerprint density at radius 1 is 0.920 bits per heavy atom. The maximum Gasteiger partial charge on any atom is 0.206 e. The molecule has 0 radical (unpaired) electrons. The lowest BCUT2D eigenvalue weighted by atomic mass is 10.0. The third kappa shape index (κ3) is 13.9. The molecule has 0 atom stereocenters. The van der Waals surface area contributed by atoms with Gasteiger partial charge in [0.15, 0.2) is 0 Å². The molecule has 1 aromatic carbocycles. The summed E-state index contributed by atoms with van der Waals surface area (Å²) in [6, 6.07) is 14.7. The predicted molar refractivity (Wildman–Crippen MR) is 110 cm³/mol. The molecule has 0 fully saturated rings. The average Bonchev–Trinajstić information content (AvgIpc) is 2.65. The standard InChI is InChI=1S/C10H14.C8H11N.C2H5NO.C2H6/c1-8(2)10-6-4-9(3)5-7-10;1-7(2)8-5-3-4-6-9-8;1-3-2-4;1-2/h4-8H,1-3H3;3-7H,1-2H3;2H,1H3,(H,3,4);1-2H3. The van der Waals surface area contributed by atoms with Gasteiger partial charge in [-0.25, -0.2) is 0 Å². The lowest BCUT2D eigenvalue weighted by molar-refractivity contribution is -0.109. The second kappa shape index (κ2) is 16.7. The normalized spacial score (nSPS) is 8.88. The minimum Gasteiger partial charge on any atom is -0.362 e. The predicted octanol–water partition coefficient (Wildman–Crippen LogP) is 5.71. The number of pyridine rings is 1. The summed E-state index contributed by atoms with van der Waals surface area (Å²) in [7, 11) is 1.56. The minimum absolute atomic E-state index is 0.547. The van der Waals surface area contributed by atoms with E-state index < -0.39 is 0 Å². The number of nitrogens with one attached hydrogen (secondary N) is 1. The van der Waals surface area contributed by atoms with E-state index >= 15 is 0 Å². The first-order chi connectivity index (χ1) is 11.9. The van der Waals surface area contributed by atoms with Gasteiger partial charge in [0.1, 0.15) is 0 Å². The largest absolute Gasteiger partial charge is 0.362 e. The van der Waals surface area contributed by atoms with Gasteiger partial charge in [0.05, 0.1) is 0 Å². The van der Waals surface area contributed by atoms with E-state index in [2.05, 4.69) is 69.2 Å². The molecule has 0 spiro atoms. The summed E-state index contributed by atoms with van der Waals surface area (Å²) in [5, 5.41) is 2.25. The van der Waals surface area contributed by atoms with Gasteiger partial charge in [-0.05, 0) is 36.5 Å². The SMILES string of the molecule is CC.CC(C)c1ccccn1.CNC=O.Cc1ccc(C(C)C)cc1. The first-order valence-corrected chi connectivity index (χ1v) is 9.00. The zero-order valence-corrected chi connectivity index (χ0v) is 17.2. The van der Waals surface area contributed by atoms with Gasteiger partial charge in [-0.3, -0.25) is 9.78 Å². The summed E-state index contributed by atoms with van der Waals surface area (Å²) in [6.07, 6.45) is 2.45. The number of aryl methyl sites for hydroxylation is 1. The van der Waals surface area contributed by atoms with Gasteiger partial charge >= 0.3 is 0 Å². The monoisotopic (exact) mass is 344 g/mol. The summed E-state index contributed by atoms with van der Waals surface area (Å²) < 4.78 is 0. The van der Waals surface area contributed by atoms with E-state index in [1.54, 1.807) is 7.05 Å². The summed E-state index contributed by atoms with van der Waals surface area (Å²) in [5.41, 5.74) is 3.92. The number of hydrogen-bond donors (Lipinski definition) is 1. The molecule has 1 N–H and O–H groups in total. The lowest BCUT2D eigenvalue weighted by Gasteiger charge is -2.03. The van der Waals surface area contributed by atoms with Crippen molar-refractivity contribution in [1.29, 1.82) is 0 Å². The van der Waals surface area contributed by atoms with Gasteiger partial charge in [-0.2, -0.15) is 0 Å². The van der Waals surface area contributed by atoms with Crippen LogP contribution in [0.15, 0.2) is 48.7 Å². The van der Waals surface area contributed by atoms with E-state index in [0.717, 1.165) is 5.69 Å². The summed E-state index contributed by atoms with van der Waals surface area (Å²) >= 11 is 0. The van der Waals surface area contributed by atoms with E-state index in [9.17, 15) is 0 Å². The zero-order chi connectivity index (χ0) is 19.7. The van der Waals surface area contributed by atoms with E-state index in [1.807, 2.05) is 38.2 Å². The van der Waals surface area contributed by atoms with Crippen LogP contribution in [0, 0.1) is 6.92 Å². The van der Waals surface area contributed by atoms with Crippen molar-refractivity contribution in [2.75, 3.05) is 7.05 Å². The second-order valence-electron chi connectivity index (χ2n) is 5.88. The van der Waals surface area contributed by atoms with Crippen molar-refractivity contribution in [2.24, 2.45) is 0 Å². The van der Waals surface area contributed by atoms with Crippen molar-refractivity contribution in [3.05, 3.63) is 65.5 Å². The van der Waals surface area contributed by atoms with Gasteiger partial charge in [-0.1, -0.05) is 77.4 Å². The number of aromatic nitrogens is 1. The molecule has 0 unspecified atom stereocenters. The Morgan fingerprint density at radius 3 is 1.72 bits per heavy atom. The molecular weight excluding hydrogens is 308 g/mol. The maximum atomic E-state index is 9.06. The summed E-state index contributed by atoms with van der Waals surface area (Å²) in [4.78, 5) is 13.2. The van der Waals surface area contributed by atoms with Gasteiger partial charge < -0.3 is 5.32 Å². The third-order valence-corrected chi connectivity index (χ3v) is 3.14. The highest BCUT2D eigenvalue weighted by Crippen LogP contribution is 2.13. The van der Waals surface area contributed by atoms with Crippen molar-refractivity contribution in [1.82, 2.24) is 10.3 Å². The molecule has 3 heteroatoms. The highest BCUT2D eigenvalue weighted by molar-refractivity contribution is 5.44. The molecule has 2 rings (SSSR count). The molecule has 0 aliphatic carbocycles. The Kier molecular flexibility index (Phi) is 16.7. The minimum atomic E-state index is 0.547. The van der Waals surface area contributed by atoms with E-state index in [-0.39, 0.29) is 0 Å². The summed E-state index contributed by atoms with van der Waals surface area (Å²) in [6.45, 7) is 14.8. The van der Waals surface area contributed by atoms with Crippen LogP contribution >= 0.6 is 0 Å². The fraction of sp³-hybridized carbons (Fsp3) is 0.455. The molecular formula is C22H36N2O. The maximum absolute atomic E-state index is 9.06. The molecule has 0 saturated carbocycles. The molecule has 1 heterocycles. The lowest BCUT2D eigenvalue weighted by Crippen LogP contribution is -1.98. The highest BCUT2D eigenvalue weighted by Gasteiger charge is 1.96. The van der Waals surface area contributed by atoms with Crippen LogP contribution in [0.2, 0.25) is 0 Å². The molecule has 140 valence electrons. The molecule has 0 aliphatic rings. The topological polar surface area (TPSA) is 42.0 Å². The van der Waals surface area contributed by atoms with Crippen LogP contribution in [-0.2, 0) is 4.79 Å². The third-order valence-electron chi connectivity index (χ3n) is 3.14. The second-order valence-corrected chi connectivity index (χ2v) is 5.88. The van der Waals surface area contributed by atoms with E-state index in [0.29, 0.717) is 18.2 Å². The Morgan fingerprint density at radius 2 is 1.44 bits per heavy atom. The molecule has 2 aromatic rings. The number of hydrogen-bond acceptors (Lipinski definition) is 2. The molecule has 0 saturated heterocycles. The average molecular weight is 345 g/mol. The van der Waals surface area contributed by atoms with Crippen LogP contribution in [0.3, 0.4) is 0 Å². The number of carbonyl (C=O) groups is 1. The molecule has 1 amide bonds. The van der Waals surface area contributed by atoms with Crippen molar-refractivity contribution >= 4 is 6.41 Å². The number of rotatable bonds is 3. The Bertz CT molecular complexity index is 519. The van der Waals surface area contributed by atoms with Crippen LogP contribution in [-0.4, -0.2) is 18.4 Å². The molecule has 3 nitrogen and oxygen atoms in total. The number of amides is 1. The fourth-order valence-corrected chi connectivity index (χ4v) is 1.67. The number of carbonyl (C=O) groups excluding carboxylic acids is 1. The van der Waals surface area contributed by atoms with Gasteiger partial charge in [0.25, 0.3) is 0 Å². The van der Waals surface area contributed by atoms with Gasteiger partial charge in [0.2, 0.25) is 6.41 Å². The molecule has 0 bridgehead atoms. The first-order valence-electron chi connectivity index (χ1n) is 9.00. The van der Waals surface area contributed by atoms with Crippen molar-refractivity contribution in [3.8, 4) is 0 Å². The van der Waals surface area contributed by atoms with E-state index in [1.165, 1.54) is 11.1 Å². The zero-order valence-electron chi connectivity index (χ0n) is 17.2. The quantitative estimate of drug-likeness (QED) is 0.724. The fourth-order valence-electron chi connectivity index (χ4n) is 1.67. The van der Waals surface area contributed by atoms with Gasteiger partial charge in [0, 0.05) is 18.9 Å². The van der Waals surface area contributed by atoms with Crippen LogP contribution in [0.4, 0.5) is 0 Å².